The number of alkyl halides is 3. The summed E-state index contributed by atoms with van der Waals surface area (Å²) in [5.41, 5.74) is 3.84. The van der Waals surface area contributed by atoms with Crippen LogP contribution in [0.15, 0.2) is 60.7 Å². The third-order valence-corrected chi connectivity index (χ3v) is 6.33. The van der Waals surface area contributed by atoms with E-state index in [1.807, 2.05) is 38.1 Å². The van der Waals surface area contributed by atoms with E-state index in [0.717, 1.165) is 35.5 Å². The number of benzene rings is 3. The van der Waals surface area contributed by atoms with Gasteiger partial charge in [-0.1, -0.05) is 55.0 Å². The van der Waals surface area contributed by atoms with Crippen molar-refractivity contribution in [3.63, 3.8) is 0 Å². The van der Waals surface area contributed by atoms with E-state index in [9.17, 15) is 18.0 Å². The van der Waals surface area contributed by atoms with Gasteiger partial charge in [0.05, 0.1) is 6.04 Å². The van der Waals surface area contributed by atoms with Crippen molar-refractivity contribution in [3.8, 4) is 0 Å². The Labute approximate surface area is 214 Å². The Hall–Kier alpha value is -3.59. The lowest BCUT2D eigenvalue weighted by Gasteiger charge is -2.24. The molecule has 3 aromatic rings. The second kappa shape index (κ2) is 12.6. The largest absolute Gasteiger partial charge is 0.490 e. The summed E-state index contributed by atoms with van der Waals surface area (Å²) in [5, 5.41) is 19.8. The van der Waals surface area contributed by atoms with E-state index in [0.29, 0.717) is 6.04 Å². The van der Waals surface area contributed by atoms with E-state index in [-0.39, 0.29) is 11.9 Å². The zero-order valence-electron chi connectivity index (χ0n) is 20.9. The first-order valence-corrected chi connectivity index (χ1v) is 12.2. The molecule has 0 aliphatic carbocycles. The van der Waals surface area contributed by atoms with Gasteiger partial charge in [0.25, 0.3) is 5.91 Å². The third-order valence-electron chi connectivity index (χ3n) is 6.33. The number of carboxylic acid groups (broad SMARTS) is 1. The summed E-state index contributed by atoms with van der Waals surface area (Å²) in [6.07, 6.45) is -1.33. The fourth-order valence-corrected chi connectivity index (χ4v) is 4.30. The standard InChI is InChI=1S/C26H31N3O.C2HF3O2/c1-18-13-14-21(28-17-22-10-5-6-15-27-22)16-25(18)26(30)29-19(2)23-12-7-9-20-8-3-4-11-24(20)23;3-2(4,5)1(6)7/h3-4,7-9,11-14,16,19,22,27-28H,5-6,10,15,17H2,1-2H3,(H,29,30);(H,6,7)/t19-,22-;/m1./s1. The average molecular weight is 516 g/mol. The van der Waals surface area contributed by atoms with E-state index in [1.54, 1.807) is 0 Å². The van der Waals surface area contributed by atoms with Crippen molar-refractivity contribution >= 4 is 28.3 Å². The van der Waals surface area contributed by atoms with E-state index in [2.05, 4.69) is 52.3 Å². The van der Waals surface area contributed by atoms with Gasteiger partial charge in [-0.2, -0.15) is 13.2 Å². The SMILES string of the molecule is Cc1ccc(NC[C@H]2CCCCN2)cc1C(=O)N[C@H](C)c1cccc2ccccc12.O=C(O)C(F)(F)F. The van der Waals surface area contributed by atoms with E-state index in [1.165, 1.54) is 30.0 Å². The zero-order chi connectivity index (χ0) is 27.0. The van der Waals surface area contributed by atoms with E-state index in [4.69, 9.17) is 9.90 Å². The third kappa shape index (κ3) is 7.95. The molecule has 2 atom stereocenters. The zero-order valence-corrected chi connectivity index (χ0v) is 20.9. The highest BCUT2D eigenvalue weighted by molar-refractivity contribution is 5.97. The number of aliphatic carboxylic acids is 1. The molecule has 1 fully saturated rings. The van der Waals surface area contributed by atoms with Crippen molar-refractivity contribution in [1.82, 2.24) is 10.6 Å². The number of amides is 1. The number of carboxylic acids is 1. The summed E-state index contributed by atoms with van der Waals surface area (Å²) in [6, 6.07) is 21.0. The molecule has 9 heteroatoms. The van der Waals surface area contributed by atoms with Gasteiger partial charge in [-0.15, -0.1) is 0 Å². The molecule has 0 radical (unpaired) electrons. The molecule has 1 saturated heterocycles. The Morgan fingerprint density at radius 1 is 1.08 bits per heavy atom. The quantitative estimate of drug-likeness (QED) is 0.332. The van der Waals surface area contributed by atoms with Gasteiger partial charge < -0.3 is 21.1 Å². The van der Waals surface area contributed by atoms with Gasteiger partial charge in [-0.3, -0.25) is 4.79 Å². The highest BCUT2D eigenvalue weighted by atomic mass is 19.4. The van der Waals surface area contributed by atoms with Crippen LogP contribution in [0.25, 0.3) is 10.8 Å². The van der Waals surface area contributed by atoms with Gasteiger partial charge in [0.15, 0.2) is 0 Å². The monoisotopic (exact) mass is 515 g/mol. The molecule has 0 unspecified atom stereocenters. The average Bonchev–Trinajstić information content (AvgIpc) is 2.88. The lowest BCUT2D eigenvalue weighted by atomic mass is 9.99. The van der Waals surface area contributed by atoms with E-state index >= 15 is 0 Å². The lowest BCUT2D eigenvalue weighted by molar-refractivity contribution is -0.192. The topological polar surface area (TPSA) is 90.5 Å². The second-order valence-corrected chi connectivity index (χ2v) is 9.12. The van der Waals surface area contributed by atoms with Crippen LogP contribution in [0.1, 0.15) is 53.7 Å². The van der Waals surface area contributed by atoms with Gasteiger partial charge >= 0.3 is 12.1 Å². The fourth-order valence-electron chi connectivity index (χ4n) is 4.30. The van der Waals surface area contributed by atoms with Crippen molar-refractivity contribution in [2.75, 3.05) is 18.4 Å². The molecule has 1 amide bonds. The van der Waals surface area contributed by atoms with Crippen LogP contribution < -0.4 is 16.0 Å². The number of hydrogen-bond donors (Lipinski definition) is 4. The fraction of sp³-hybridized carbons (Fsp3) is 0.357. The highest BCUT2D eigenvalue weighted by Gasteiger charge is 2.38. The predicted molar refractivity (Wildman–Crippen MR) is 139 cm³/mol. The molecule has 0 aromatic heterocycles. The Morgan fingerprint density at radius 3 is 2.46 bits per heavy atom. The molecule has 1 heterocycles. The molecule has 6 nitrogen and oxygen atoms in total. The van der Waals surface area contributed by atoms with Crippen LogP contribution in [0.4, 0.5) is 18.9 Å². The minimum atomic E-state index is -5.08. The van der Waals surface area contributed by atoms with Gasteiger partial charge in [-0.05, 0) is 67.3 Å². The minimum absolute atomic E-state index is 0.0348. The summed E-state index contributed by atoms with van der Waals surface area (Å²) in [5.74, 6) is -2.79. The molecule has 0 saturated carbocycles. The van der Waals surface area contributed by atoms with Crippen LogP contribution in [0.5, 0.6) is 0 Å². The van der Waals surface area contributed by atoms with Crippen molar-refractivity contribution in [2.24, 2.45) is 0 Å². The smallest absolute Gasteiger partial charge is 0.475 e. The first-order chi connectivity index (χ1) is 17.6. The van der Waals surface area contributed by atoms with Crippen molar-refractivity contribution < 1.29 is 27.9 Å². The van der Waals surface area contributed by atoms with Crippen LogP contribution in [-0.2, 0) is 4.79 Å². The van der Waals surface area contributed by atoms with Gasteiger partial charge in [0, 0.05) is 23.8 Å². The van der Waals surface area contributed by atoms with Crippen LogP contribution >= 0.6 is 0 Å². The number of nitrogens with one attached hydrogen (secondary N) is 3. The molecule has 198 valence electrons. The van der Waals surface area contributed by atoms with Crippen LogP contribution in [-0.4, -0.2) is 42.3 Å². The second-order valence-electron chi connectivity index (χ2n) is 9.12. The molecule has 0 spiro atoms. The number of hydrogen-bond acceptors (Lipinski definition) is 4. The maximum atomic E-state index is 13.1. The van der Waals surface area contributed by atoms with Gasteiger partial charge in [-0.25, -0.2) is 4.79 Å². The van der Waals surface area contributed by atoms with Crippen molar-refractivity contribution in [1.29, 1.82) is 0 Å². The predicted octanol–water partition coefficient (Wildman–Crippen LogP) is 5.83. The molecule has 3 aromatic carbocycles. The molecule has 4 N–H and O–H groups in total. The normalized spacial score (nSPS) is 16.3. The van der Waals surface area contributed by atoms with Crippen LogP contribution in [0, 0.1) is 6.92 Å². The summed E-state index contributed by atoms with van der Waals surface area (Å²) >= 11 is 0. The summed E-state index contributed by atoms with van der Waals surface area (Å²) in [4.78, 5) is 22.0. The van der Waals surface area contributed by atoms with Crippen molar-refractivity contribution in [3.05, 3.63) is 77.4 Å². The Bertz CT molecular complexity index is 1220. The molecular formula is C28H32F3N3O3. The van der Waals surface area contributed by atoms with E-state index < -0.39 is 12.1 Å². The first kappa shape index (κ1) is 28.0. The lowest BCUT2D eigenvalue weighted by Crippen LogP contribution is -2.39. The summed E-state index contributed by atoms with van der Waals surface area (Å²) in [6.45, 7) is 6.02. The number of aryl methyl sites for hydroxylation is 1. The van der Waals surface area contributed by atoms with Crippen LogP contribution in [0.3, 0.4) is 0 Å². The Kier molecular flexibility index (Phi) is 9.52. The summed E-state index contributed by atoms with van der Waals surface area (Å²) in [7, 11) is 0. The molecular weight excluding hydrogens is 483 g/mol. The summed E-state index contributed by atoms with van der Waals surface area (Å²) < 4.78 is 31.7. The number of anilines is 1. The number of rotatable bonds is 6. The number of halogens is 3. The van der Waals surface area contributed by atoms with Gasteiger partial charge in [0.1, 0.15) is 0 Å². The number of piperidine rings is 1. The molecule has 1 aliphatic rings. The Morgan fingerprint density at radius 2 is 1.78 bits per heavy atom. The maximum Gasteiger partial charge on any atom is 0.490 e. The molecule has 4 rings (SSSR count). The maximum absolute atomic E-state index is 13.1. The minimum Gasteiger partial charge on any atom is -0.475 e. The molecule has 37 heavy (non-hydrogen) atoms. The Balaban J connectivity index is 0.000000479. The van der Waals surface area contributed by atoms with Gasteiger partial charge in [0.2, 0.25) is 0 Å². The number of carbonyl (C=O) groups excluding carboxylic acids is 1. The first-order valence-electron chi connectivity index (χ1n) is 12.2. The molecule has 0 bridgehead atoms. The number of fused-ring (bicyclic) bond motifs is 1. The van der Waals surface area contributed by atoms with Crippen LogP contribution in [0.2, 0.25) is 0 Å². The van der Waals surface area contributed by atoms with Crippen molar-refractivity contribution in [2.45, 2.75) is 51.4 Å². The number of carbonyl (C=O) groups is 2. The molecule has 1 aliphatic heterocycles. The highest BCUT2D eigenvalue weighted by Crippen LogP contribution is 2.25.